The fourth-order valence-corrected chi connectivity index (χ4v) is 1.95. The van der Waals surface area contributed by atoms with Crippen LogP contribution in [-0.2, 0) is 4.74 Å². The van der Waals surface area contributed by atoms with E-state index in [0.29, 0.717) is 15.8 Å². The molecule has 0 radical (unpaired) electrons. The Balaban J connectivity index is 2.42. The highest BCUT2D eigenvalue weighted by Crippen LogP contribution is 2.28. The van der Waals surface area contributed by atoms with E-state index in [1.807, 2.05) is 13.8 Å². The van der Waals surface area contributed by atoms with Crippen molar-refractivity contribution in [1.82, 2.24) is 20.2 Å². The van der Waals surface area contributed by atoms with Crippen LogP contribution in [0, 0.1) is 0 Å². The van der Waals surface area contributed by atoms with Crippen LogP contribution in [-0.4, -0.2) is 26.3 Å². The zero-order chi connectivity index (χ0) is 13.8. The number of halogens is 2. The second-order valence-corrected chi connectivity index (χ2v) is 4.88. The van der Waals surface area contributed by atoms with E-state index in [1.54, 1.807) is 24.4 Å². The Kier molecular flexibility index (Phi) is 4.39. The molecule has 0 aliphatic heterocycles. The molecule has 0 saturated heterocycles. The fourth-order valence-electron chi connectivity index (χ4n) is 1.45. The standard InChI is InChI=1S/C12H12Cl2N4O/c1-8(2)19-12(6-18-16-7-15-17-18)10-4-3-9(13)5-11(10)14/h3-8H,1-2H3/b12-6-. The summed E-state index contributed by atoms with van der Waals surface area (Å²) in [5.41, 5.74) is 0.720. The van der Waals surface area contributed by atoms with Gasteiger partial charge in [-0.25, -0.2) is 0 Å². The molecule has 1 aromatic carbocycles. The Morgan fingerprint density at radius 3 is 2.74 bits per heavy atom. The molecule has 0 bridgehead atoms. The number of ether oxygens (including phenoxy) is 1. The second kappa shape index (κ2) is 6.04. The first kappa shape index (κ1) is 13.8. The number of rotatable bonds is 4. The zero-order valence-electron chi connectivity index (χ0n) is 10.4. The molecule has 100 valence electrons. The Morgan fingerprint density at radius 1 is 1.37 bits per heavy atom. The minimum absolute atomic E-state index is 0.0125. The first-order chi connectivity index (χ1) is 9.06. The van der Waals surface area contributed by atoms with Crippen molar-refractivity contribution in [2.24, 2.45) is 0 Å². The van der Waals surface area contributed by atoms with Gasteiger partial charge in [0, 0.05) is 10.6 Å². The molecule has 2 rings (SSSR count). The van der Waals surface area contributed by atoms with Crippen molar-refractivity contribution < 1.29 is 4.74 Å². The van der Waals surface area contributed by atoms with Crippen molar-refractivity contribution >= 4 is 35.2 Å². The van der Waals surface area contributed by atoms with Crippen molar-refractivity contribution in [1.29, 1.82) is 0 Å². The lowest BCUT2D eigenvalue weighted by molar-refractivity contribution is 0.205. The third-order valence-electron chi connectivity index (χ3n) is 2.16. The molecule has 0 atom stereocenters. The Hall–Kier alpha value is -1.59. The minimum Gasteiger partial charge on any atom is -0.489 e. The smallest absolute Gasteiger partial charge is 0.162 e. The van der Waals surface area contributed by atoms with Crippen LogP contribution >= 0.6 is 23.2 Å². The maximum atomic E-state index is 6.18. The van der Waals surface area contributed by atoms with Crippen molar-refractivity contribution in [3.8, 4) is 0 Å². The zero-order valence-corrected chi connectivity index (χ0v) is 11.9. The minimum atomic E-state index is -0.0125. The Bertz CT molecular complexity index is 581. The van der Waals surface area contributed by atoms with Gasteiger partial charge in [-0.2, -0.15) is 0 Å². The van der Waals surface area contributed by atoms with Gasteiger partial charge in [0.2, 0.25) is 0 Å². The second-order valence-electron chi connectivity index (χ2n) is 4.04. The molecule has 0 amide bonds. The van der Waals surface area contributed by atoms with E-state index in [0.717, 1.165) is 5.56 Å². The summed E-state index contributed by atoms with van der Waals surface area (Å²) in [6.45, 7) is 3.85. The Labute approximate surface area is 120 Å². The number of hydrogen-bond donors (Lipinski definition) is 0. The van der Waals surface area contributed by atoms with E-state index in [9.17, 15) is 0 Å². The summed E-state index contributed by atoms with van der Waals surface area (Å²) in [5, 5.41) is 12.4. The lowest BCUT2D eigenvalue weighted by atomic mass is 10.2. The third-order valence-corrected chi connectivity index (χ3v) is 2.70. The first-order valence-corrected chi connectivity index (χ1v) is 6.38. The lowest BCUT2D eigenvalue weighted by Gasteiger charge is -2.14. The summed E-state index contributed by atoms with van der Waals surface area (Å²) in [5.74, 6) is 0.551. The summed E-state index contributed by atoms with van der Waals surface area (Å²) in [4.78, 5) is 1.31. The van der Waals surface area contributed by atoms with Gasteiger partial charge < -0.3 is 4.74 Å². The lowest BCUT2D eigenvalue weighted by Crippen LogP contribution is -2.04. The van der Waals surface area contributed by atoms with Gasteiger partial charge in [0.25, 0.3) is 0 Å². The highest BCUT2D eigenvalue weighted by Gasteiger charge is 2.11. The fraction of sp³-hybridized carbons (Fsp3) is 0.250. The predicted molar refractivity (Wildman–Crippen MR) is 74.7 cm³/mol. The number of tetrazole rings is 1. The summed E-state index contributed by atoms with van der Waals surface area (Å²) >= 11 is 12.1. The molecule has 2 aromatic rings. The third kappa shape index (κ3) is 3.68. The van der Waals surface area contributed by atoms with Gasteiger partial charge in [0.15, 0.2) is 6.33 Å². The van der Waals surface area contributed by atoms with Crippen LogP contribution in [0.2, 0.25) is 10.0 Å². The van der Waals surface area contributed by atoms with Gasteiger partial charge in [-0.15, -0.1) is 15.0 Å². The summed E-state index contributed by atoms with van der Waals surface area (Å²) in [6.07, 6.45) is 2.94. The molecular formula is C12H12Cl2N4O. The molecule has 1 aromatic heterocycles. The molecule has 0 spiro atoms. The van der Waals surface area contributed by atoms with Crippen molar-refractivity contribution in [3.05, 3.63) is 40.1 Å². The van der Waals surface area contributed by atoms with Gasteiger partial charge in [0.1, 0.15) is 5.76 Å². The molecule has 7 heteroatoms. The van der Waals surface area contributed by atoms with Crippen molar-refractivity contribution in [3.63, 3.8) is 0 Å². The van der Waals surface area contributed by atoms with Crippen molar-refractivity contribution in [2.45, 2.75) is 20.0 Å². The van der Waals surface area contributed by atoms with Crippen LogP contribution in [0.1, 0.15) is 19.4 Å². The maximum Gasteiger partial charge on any atom is 0.162 e. The van der Waals surface area contributed by atoms with Gasteiger partial charge in [-0.05, 0) is 37.3 Å². The van der Waals surface area contributed by atoms with Crippen LogP contribution in [0.25, 0.3) is 12.0 Å². The molecule has 0 unspecified atom stereocenters. The molecule has 0 saturated carbocycles. The van der Waals surface area contributed by atoms with E-state index < -0.39 is 0 Å². The monoisotopic (exact) mass is 298 g/mol. The topological polar surface area (TPSA) is 52.8 Å². The van der Waals surface area contributed by atoms with Crippen LogP contribution < -0.4 is 0 Å². The molecule has 1 heterocycles. The summed E-state index contributed by atoms with van der Waals surface area (Å²) in [7, 11) is 0. The van der Waals surface area contributed by atoms with Gasteiger partial charge in [-0.1, -0.05) is 23.2 Å². The molecule has 0 aliphatic rings. The predicted octanol–water partition coefficient (Wildman–Crippen LogP) is 3.36. The molecule has 5 nitrogen and oxygen atoms in total. The molecule has 0 fully saturated rings. The number of aromatic nitrogens is 4. The highest BCUT2D eigenvalue weighted by molar-refractivity contribution is 6.35. The van der Waals surface area contributed by atoms with Crippen LogP contribution in [0.4, 0.5) is 0 Å². The largest absolute Gasteiger partial charge is 0.489 e. The maximum absolute atomic E-state index is 6.18. The number of nitrogens with zero attached hydrogens (tertiary/aromatic N) is 4. The molecule has 0 N–H and O–H groups in total. The van der Waals surface area contributed by atoms with E-state index >= 15 is 0 Å². The molecular weight excluding hydrogens is 287 g/mol. The van der Waals surface area contributed by atoms with Gasteiger partial charge in [-0.3, -0.25) is 0 Å². The average Bonchev–Trinajstić information content (AvgIpc) is 2.80. The van der Waals surface area contributed by atoms with Crippen LogP contribution in [0.15, 0.2) is 24.5 Å². The van der Waals surface area contributed by atoms with Gasteiger partial charge >= 0.3 is 0 Å². The van der Waals surface area contributed by atoms with E-state index in [4.69, 9.17) is 27.9 Å². The number of benzene rings is 1. The Morgan fingerprint density at radius 2 is 2.16 bits per heavy atom. The SMILES string of the molecule is CC(C)O/C(=C\n1ncnn1)c1ccc(Cl)cc1Cl. The first-order valence-electron chi connectivity index (χ1n) is 5.62. The molecule has 0 aliphatic carbocycles. The van der Waals surface area contributed by atoms with E-state index in [-0.39, 0.29) is 6.10 Å². The highest BCUT2D eigenvalue weighted by atomic mass is 35.5. The van der Waals surface area contributed by atoms with E-state index in [2.05, 4.69) is 15.4 Å². The summed E-state index contributed by atoms with van der Waals surface area (Å²) < 4.78 is 5.74. The van der Waals surface area contributed by atoms with Crippen molar-refractivity contribution in [2.75, 3.05) is 0 Å². The summed E-state index contributed by atoms with van der Waals surface area (Å²) in [6, 6.07) is 5.19. The van der Waals surface area contributed by atoms with Gasteiger partial charge in [0.05, 0.1) is 17.3 Å². The van der Waals surface area contributed by atoms with E-state index in [1.165, 1.54) is 11.1 Å². The normalized spacial score (nSPS) is 11.9. The molecule has 19 heavy (non-hydrogen) atoms. The van der Waals surface area contributed by atoms with Crippen LogP contribution in [0.5, 0.6) is 0 Å². The number of hydrogen-bond acceptors (Lipinski definition) is 4. The average molecular weight is 299 g/mol. The quantitative estimate of drug-likeness (QED) is 0.812. The van der Waals surface area contributed by atoms with Crippen LogP contribution in [0.3, 0.4) is 0 Å².